The van der Waals surface area contributed by atoms with Gasteiger partial charge in [0.25, 0.3) is 0 Å². The molecule has 1 amide bonds. The van der Waals surface area contributed by atoms with Crippen molar-refractivity contribution in [2.45, 2.75) is 31.9 Å². The fraction of sp³-hybridized carbons (Fsp3) is 0.706. The van der Waals surface area contributed by atoms with Crippen molar-refractivity contribution >= 4 is 5.91 Å². The van der Waals surface area contributed by atoms with Gasteiger partial charge in [-0.1, -0.05) is 0 Å². The minimum atomic E-state index is 0.173. The van der Waals surface area contributed by atoms with E-state index in [1.54, 1.807) is 6.26 Å². The van der Waals surface area contributed by atoms with Crippen molar-refractivity contribution in [3.63, 3.8) is 0 Å². The van der Waals surface area contributed by atoms with Crippen LogP contribution in [0.1, 0.15) is 25.0 Å². The van der Waals surface area contributed by atoms with E-state index in [4.69, 9.17) is 9.15 Å². The molecule has 1 N–H and O–H groups in total. The maximum atomic E-state index is 11.8. The monoisotopic (exact) mass is 304 g/mol. The number of carbonyl (C=O) groups excluding carboxylic acids is 1. The lowest BCUT2D eigenvalue weighted by atomic mass is 9.84. The fourth-order valence-corrected chi connectivity index (χ4v) is 3.77. The minimum Gasteiger partial charge on any atom is -0.468 e. The molecule has 1 aromatic heterocycles. The van der Waals surface area contributed by atoms with Gasteiger partial charge in [-0.05, 0) is 43.9 Å². The van der Waals surface area contributed by atoms with Crippen LogP contribution in [0.3, 0.4) is 0 Å². The molecule has 0 spiro atoms. The molecule has 2 saturated heterocycles. The summed E-state index contributed by atoms with van der Waals surface area (Å²) in [7, 11) is 0. The number of fused-ring (bicyclic) bond motifs is 1. The number of hydrogen-bond acceptors (Lipinski definition) is 4. The molecule has 3 fully saturated rings. The average molecular weight is 304 g/mol. The van der Waals surface area contributed by atoms with Gasteiger partial charge in [-0.2, -0.15) is 0 Å². The molecular weight excluding hydrogens is 280 g/mol. The van der Waals surface area contributed by atoms with Crippen molar-refractivity contribution in [1.82, 2.24) is 10.2 Å². The van der Waals surface area contributed by atoms with Crippen LogP contribution in [0, 0.1) is 17.8 Å². The van der Waals surface area contributed by atoms with E-state index >= 15 is 0 Å². The average Bonchev–Trinajstić information content (AvgIpc) is 3.12. The summed E-state index contributed by atoms with van der Waals surface area (Å²) in [5.74, 6) is 2.70. The summed E-state index contributed by atoms with van der Waals surface area (Å²) >= 11 is 0. The number of hydrogen-bond donors (Lipinski definition) is 1. The first-order chi connectivity index (χ1) is 10.8. The Morgan fingerprint density at radius 2 is 2.27 bits per heavy atom. The molecule has 5 heteroatoms. The molecule has 1 aromatic rings. The highest BCUT2D eigenvalue weighted by atomic mass is 16.5. The van der Waals surface area contributed by atoms with Crippen LogP contribution in [0.5, 0.6) is 0 Å². The Balaban J connectivity index is 1.31. The summed E-state index contributed by atoms with van der Waals surface area (Å²) in [6.45, 7) is 4.54. The number of nitrogens with one attached hydrogen (secondary N) is 1. The molecule has 3 atom stereocenters. The normalized spacial score (nSPS) is 31.9. The van der Waals surface area contributed by atoms with Crippen LogP contribution in [0.4, 0.5) is 0 Å². The summed E-state index contributed by atoms with van der Waals surface area (Å²) in [6, 6.07) is 3.97. The van der Waals surface area contributed by atoms with Crippen molar-refractivity contribution < 1.29 is 13.9 Å². The molecule has 3 aliphatic rings. The highest BCUT2D eigenvalue weighted by Crippen LogP contribution is 2.35. The maximum Gasteiger partial charge on any atom is 0.223 e. The zero-order valence-corrected chi connectivity index (χ0v) is 12.9. The van der Waals surface area contributed by atoms with Crippen molar-refractivity contribution in [3.05, 3.63) is 24.2 Å². The highest BCUT2D eigenvalue weighted by Gasteiger charge is 2.41. The van der Waals surface area contributed by atoms with Gasteiger partial charge in [-0.15, -0.1) is 0 Å². The van der Waals surface area contributed by atoms with Gasteiger partial charge < -0.3 is 14.5 Å². The van der Waals surface area contributed by atoms with Crippen LogP contribution in [-0.4, -0.2) is 43.2 Å². The van der Waals surface area contributed by atoms with Crippen LogP contribution in [0.2, 0.25) is 0 Å². The van der Waals surface area contributed by atoms with Gasteiger partial charge in [0, 0.05) is 24.9 Å². The number of ether oxygens (including phenoxy) is 1. The van der Waals surface area contributed by atoms with Crippen molar-refractivity contribution in [2.24, 2.45) is 17.8 Å². The molecule has 2 aliphatic heterocycles. The SMILES string of the molecule is O=C(NC[C@H]1OC[C@H]2CCN(Cc3ccco3)C[C@H]21)C1CC1. The number of nitrogens with zero attached hydrogens (tertiary/aromatic N) is 1. The van der Waals surface area contributed by atoms with E-state index in [1.165, 1.54) is 6.42 Å². The first-order valence-electron chi connectivity index (χ1n) is 8.43. The summed E-state index contributed by atoms with van der Waals surface area (Å²) in [6.07, 6.45) is 5.20. The molecule has 1 saturated carbocycles. The predicted molar refractivity (Wildman–Crippen MR) is 81.1 cm³/mol. The van der Waals surface area contributed by atoms with Crippen molar-refractivity contribution in [2.75, 3.05) is 26.2 Å². The lowest BCUT2D eigenvalue weighted by molar-refractivity contribution is -0.122. The molecule has 22 heavy (non-hydrogen) atoms. The predicted octanol–water partition coefficient (Wildman–Crippen LogP) is 1.64. The third-order valence-corrected chi connectivity index (χ3v) is 5.28. The van der Waals surface area contributed by atoms with E-state index in [0.717, 1.165) is 44.8 Å². The van der Waals surface area contributed by atoms with E-state index < -0.39 is 0 Å². The molecule has 0 unspecified atom stereocenters. The Morgan fingerprint density at radius 3 is 3.05 bits per heavy atom. The molecule has 0 radical (unpaired) electrons. The van der Waals surface area contributed by atoms with Crippen LogP contribution < -0.4 is 5.32 Å². The zero-order chi connectivity index (χ0) is 14.9. The summed E-state index contributed by atoms with van der Waals surface area (Å²) in [5.41, 5.74) is 0. The standard InChI is InChI=1S/C17H24N2O3/c20-17(12-3-4-12)18-8-16-15-10-19(6-5-13(15)11-22-16)9-14-2-1-7-21-14/h1-2,7,12-13,15-16H,3-6,8-11H2,(H,18,20)/t13-,15-,16-/m1/s1. The Kier molecular flexibility index (Phi) is 3.92. The Labute approximate surface area is 131 Å². The number of furan rings is 1. The van der Waals surface area contributed by atoms with Gasteiger partial charge >= 0.3 is 0 Å². The number of amides is 1. The largest absolute Gasteiger partial charge is 0.468 e. The van der Waals surface area contributed by atoms with Gasteiger partial charge in [0.2, 0.25) is 5.91 Å². The summed E-state index contributed by atoms with van der Waals surface area (Å²) < 4.78 is 11.4. The van der Waals surface area contributed by atoms with E-state index in [2.05, 4.69) is 10.2 Å². The number of carbonyl (C=O) groups is 1. The molecule has 3 heterocycles. The van der Waals surface area contributed by atoms with E-state index in [0.29, 0.717) is 18.4 Å². The van der Waals surface area contributed by atoms with E-state index in [-0.39, 0.29) is 17.9 Å². The molecule has 1 aliphatic carbocycles. The van der Waals surface area contributed by atoms with Gasteiger partial charge in [0.15, 0.2) is 0 Å². The van der Waals surface area contributed by atoms with E-state index in [9.17, 15) is 4.79 Å². The molecule has 120 valence electrons. The van der Waals surface area contributed by atoms with Gasteiger partial charge in [0.05, 0.1) is 25.5 Å². The minimum absolute atomic E-state index is 0.173. The highest BCUT2D eigenvalue weighted by molar-refractivity contribution is 5.80. The lowest BCUT2D eigenvalue weighted by Crippen LogP contribution is -2.45. The van der Waals surface area contributed by atoms with Gasteiger partial charge in [-0.3, -0.25) is 9.69 Å². The third-order valence-electron chi connectivity index (χ3n) is 5.28. The summed E-state index contributed by atoms with van der Waals surface area (Å²) in [5, 5.41) is 3.08. The van der Waals surface area contributed by atoms with E-state index in [1.807, 2.05) is 12.1 Å². The molecular formula is C17H24N2O3. The summed E-state index contributed by atoms with van der Waals surface area (Å²) in [4.78, 5) is 14.3. The van der Waals surface area contributed by atoms with Gasteiger partial charge in [-0.25, -0.2) is 0 Å². The number of piperidine rings is 1. The second-order valence-corrected chi connectivity index (χ2v) is 6.92. The Bertz CT molecular complexity index is 512. The third kappa shape index (κ3) is 3.06. The Hall–Kier alpha value is -1.33. The first-order valence-corrected chi connectivity index (χ1v) is 8.43. The van der Waals surface area contributed by atoms with Crippen molar-refractivity contribution in [3.8, 4) is 0 Å². The van der Waals surface area contributed by atoms with Crippen LogP contribution in [0.15, 0.2) is 22.8 Å². The number of likely N-dealkylation sites (tertiary alicyclic amines) is 1. The lowest BCUT2D eigenvalue weighted by Gasteiger charge is -2.35. The second kappa shape index (κ2) is 6.05. The maximum absolute atomic E-state index is 11.8. The number of rotatable bonds is 5. The quantitative estimate of drug-likeness (QED) is 0.898. The topological polar surface area (TPSA) is 54.7 Å². The molecule has 0 bridgehead atoms. The first kappa shape index (κ1) is 14.3. The molecule has 4 rings (SSSR count). The Morgan fingerprint density at radius 1 is 1.36 bits per heavy atom. The van der Waals surface area contributed by atoms with Crippen LogP contribution in [0.25, 0.3) is 0 Å². The zero-order valence-electron chi connectivity index (χ0n) is 12.9. The van der Waals surface area contributed by atoms with Gasteiger partial charge in [0.1, 0.15) is 5.76 Å². The molecule has 0 aromatic carbocycles. The molecule has 5 nitrogen and oxygen atoms in total. The van der Waals surface area contributed by atoms with Crippen molar-refractivity contribution in [1.29, 1.82) is 0 Å². The second-order valence-electron chi connectivity index (χ2n) is 6.92. The fourth-order valence-electron chi connectivity index (χ4n) is 3.77. The smallest absolute Gasteiger partial charge is 0.223 e. The van der Waals surface area contributed by atoms with Crippen LogP contribution >= 0.6 is 0 Å². The van der Waals surface area contributed by atoms with Crippen LogP contribution in [-0.2, 0) is 16.1 Å².